The Morgan fingerprint density at radius 3 is 2.75 bits per heavy atom. The van der Waals surface area contributed by atoms with E-state index in [2.05, 4.69) is 15.9 Å². The van der Waals surface area contributed by atoms with Gasteiger partial charge in [0.15, 0.2) is 0 Å². The van der Waals surface area contributed by atoms with E-state index in [1.165, 1.54) is 19.2 Å². The van der Waals surface area contributed by atoms with Gasteiger partial charge in [-0.1, -0.05) is 6.92 Å². The van der Waals surface area contributed by atoms with Crippen molar-refractivity contribution in [3.8, 4) is 5.75 Å². The second kappa shape index (κ2) is 5.30. The molecule has 0 aliphatic carbocycles. The van der Waals surface area contributed by atoms with Gasteiger partial charge in [-0.25, -0.2) is 4.39 Å². The monoisotopic (exact) mass is 290 g/mol. The molecule has 1 unspecified atom stereocenters. The van der Waals surface area contributed by atoms with E-state index in [0.717, 1.165) is 0 Å². The number of aliphatic carboxylic acids is 1. The first-order valence-corrected chi connectivity index (χ1v) is 5.49. The molecule has 0 radical (unpaired) electrons. The summed E-state index contributed by atoms with van der Waals surface area (Å²) < 4.78 is 18.8. The third-order valence-corrected chi connectivity index (χ3v) is 2.83. The summed E-state index contributed by atoms with van der Waals surface area (Å²) in [6.07, 6.45) is 0.231. The van der Waals surface area contributed by atoms with Crippen LogP contribution in [-0.2, 0) is 11.2 Å². The Labute approximate surface area is 101 Å². The smallest absolute Gasteiger partial charge is 0.306 e. The fourth-order valence-electron chi connectivity index (χ4n) is 1.41. The van der Waals surface area contributed by atoms with Gasteiger partial charge in [0.25, 0.3) is 0 Å². The number of halogens is 2. The van der Waals surface area contributed by atoms with Crippen molar-refractivity contribution in [3.05, 3.63) is 28.0 Å². The summed E-state index contributed by atoms with van der Waals surface area (Å²) in [5, 5.41) is 8.80. The highest BCUT2D eigenvalue weighted by Gasteiger charge is 2.17. The van der Waals surface area contributed by atoms with Gasteiger partial charge in [-0.2, -0.15) is 0 Å². The first kappa shape index (κ1) is 13.0. The molecule has 0 fully saturated rings. The maximum absolute atomic E-state index is 13.2. The van der Waals surface area contributed by atoms with Crippen LogP contribution in [0.4, 0.5) is 4.39 Å². The number of benzene rings is 1. The van der Waals surface area contributed by atoms with Crippen LogP contribution in [0.3, 0.4) is 0 Å². The largest absolute Gasteiger partial charge is 0.495 e. The first-order chi connectivity index (χ1) is 7.45. The zero-order valence-electron chi connectivity index (χ0n) is 8.96. The number of methoxy groups -OCH3 is 1. The molecule has 0 aromatic heterocycles. The molecule has 0 saturated carbocycles. The SMILES string of the molecule is COc1c(Br)cc(F)cc1CC(C)C(=O)O. The molecule has 0 aliphatic heterocycles. The van der Waals surface area contributed by atoms with Crippen molar-refractivity contribution in [1.29, 1.82) is 0 Å². The second-order valence-electron chi connectivity index (χ2n) is 3.52. The Hall–Kier alpha value is -1.10. The van der Waals surface area contributed by atoms with Crippen molar-refractivity contribution in [2.24, 2.45) is 5.92 Å². The average molecular weight is 291 g/mol. The molecule has 0 saturated heterocycles. The summed E-state index contributed by atoms with van der Waals surface area (Å²) in [5.41, 5.74) is 0.546. The summed E-state index contributed by atoms with van der Waals surface area (Å²) in [4.78, 5) is 10.7. The molecule has 0 spiro atoms. The van der Waals surface area contributed by atoms with Crippen LogP contribution in [0.5, 0.6) is 5.75 Å². The van der Waals surface area contributed by atoms with Crippen LogP contribution >= 0.6 is 15.9 Å². The van der Waals surface area contributed by atoms with Crippen molar-refractivity contribution in [2.45, 2.75) is 13.3 Å². The van der Waals surface area contributed by atoms with Gasteiger partial charge in [0.1, 0.15) is 11.6 Å². The molecule has 1 N–H and O–H groups in total. The highest BCUT2D eigenvalue weighted by atomic mass is 79.9. The molecule has 0 bridgehead atoms. The number of hydrogen-bond donors (Lipinski definition) is 1. The molecule has 0 aliphatic rings. The van der Waals surface area contributed by atoms with Crippen molar-refractivity contribution in [1.82, 2.24) is 0 Å². The normalized spacial score (nSPS) is 12.2. The van der Waals surface area contributed by atoms with Crippen LogP contribution in [0, 0.1) is 11.7 Å². The molecular formula is C11H12BrFO3. The number of carbonyl (C=O) groups is 1. The molecular weight excluding hydrogens is 279 g/mol. The molecule has 1 aromatic carbocycles. The van der Waals surface area contributed by atoms with Crippen LogP contribution < -0.4 is 4.74 Å². The van der Waals surface area contributed by atoms with Gasteiger partial charge in [0.05, 0.1) is 17.5 Å². The summed E-state index contributed by atoms with van der Waals surface area (Å²) in [5.74, 6) is -1.43. The fourth-order valence-corrected chi connectivity index (χ4v) is 2.05. The lowest BCUT2D eigenvalue weighted by Gasteiger charge is -2.12. The standard InChI is InChI=1S/C11H12BrFO3/c1-6(11(14)15)3-7-4-8(13)5-9(12)10(7)16-2/h4-6H,3H2,1-2H3,(H,14,15). The van der Waals surface area contributed by atoms with Gasteiger partial charge in [-0.15, -0.1) is 0 Å². The van der Waals surface area contributed by atoms with E-state index in [-0.39, 0.29) is 6.42 Å². The maximum Gasteiger partial charge on any atom is 0.306 e. The average Bonchev–Trinajstić information content (AvgIpc) is 2.16. The molecule has 0 amide bonds. The first-order valence-electron chi connectivity index (χ1n) is 4.70. The molecule has 1 atom stereocenters. The lowest BCUT2D eigenvalue weighted by atomic mass is 10.0. The Bertz CT molecular complexity index is 406. The topological polar surface area (TPSA) is 46.5 Å². The Kier molecular flexibility index (Phi) is 4.29. The van der Waals surface area contributed by atoms with Crippen molar-refractivity contribution in [2.75, 3.05) is 7.11 Å². The summed E-state index contributed by atoms with van der Waals surface area (Å²) in [6.45, 7) is 1.57. The lowest BCUT2D eigenvalue weighted by molar-refractivity contribution is -0.141. The zero-order valence-corrected chi connectivity index (χ0v) is 10.5. The number of hydrogen-bond acceptors (Lipinski definition) is 2. The molecule has 1 rings (SSSR count). The van der Waals surface area contributed by atoms with Gasteiger partial charge >= 0.3 is 5.97 Å². The van der Waals surface area contributed by atoms with Crippen LogP contribution in [-0.4, -0.2) is 18.2 Å². The quantitative estimate of drug-likeness (QED) is 0.927. The summed E-state index contributed by atoms with van der Waals surface area (Å²) >= 11 is 3.17. The number of carboxylic acid groups (broad SMARTS) is 1. The molecule has 1 aromatic rings. The molecule has 3 nitrogen and oxygen atoms in total. The Morgan fingerprint density at radius 2 is 2.25 bits per heavy atom. The van der Waals surface area contributed by atoms with E-state index in [1.807, 2.05) is 0 Å². The predicted molar refractivity (Wildman–Crippen MR) is 61.2 cm³/mol. The third kappa shape index (κ3) is 2.95. The van der Waals surface area contributed by atoms with Crippen molar-refractivity contribution < 1.29 is 19.0 Å². The fraction of sp³-hybridized carbons (Fsp3) is 0.364. The molecule has 88 valence electrons. The Morgan fingerprint density at radius 1 is 1.62 bits per heavy atom. The van der Waals surface area contributed by atoms with Gasteiger partial charge in [-0.05, 0) is 40.0 Å². The van der Waals surface area contributed by atoms with Gasteiger partial charge in [0.2, 0.25) is 0 Å². The lowest BCUT2D eigenvalue weighted by Crippen LogP contribution is -2.13. The number of rotatable bonds is 4. The van der Waals surface area contributed by atoms with Crippen LogP contribution in [0.25, 0.3) is 0 Å². The Balaban J connectivity index is 3.07. The summed E-state index contributed by atoms with van der Waals surface area (Å²) in [7, 11) is 1.47. The number of carboxylic acids is 1. The second-order valence-corrected chi connectivity index (χ2v) is 4.38. The highest BCUT2D eigenvalue weighted by Crippen LogP contribution is 2.31. The summed E-state index contributed by atoms with van der Waals surface area (Å²) in [6, 6.07) is 2.58. The minimum atomic E-state index is -0.914. The highest BCUT2D eigenvalue weighted by molar-refractivity contribution is 9.10. The molecule has 5 heteroatoms. The maximum atomic E-state index is 13.2. The van der Waals surface area contributed by atoms with Gasteiger partial charge in [-0.3, -0.25) is 4.79 Å². The minimum absolute atomic E-state index is 0.231. The van der Waals surface area contributed by atoms with Crippen molar-refractivity contribution in [3.63, 3.8) is 0 Å². The van der Waals surface area contributed by atoms with Crippen LogP contribution in [0.2, 0.25) is 0 Å². The van der Waals surface area contributed by atoms with E-state index in [9.17, 15) is 9.18 Å². The molecule has 16 heavy (non-hydrogen) atoms. The predicted octanol–water partition coefficient (Wildman–Crippen LogP) is 2.86. The van der Waals surface area contributed by atoms with Crippen LogP contribution in [0.15, 0.2) is 16.6 Å². The minimum Gasteiger partial charge on any atom is -0.495 e. The van der Waals surface area contributed by atoms with E-state index in [0.29, 0.717) is 15.8 Å². The van der Waals surface area contributed by atoms with Gasteiger partial charge in [0, 0.05) is 0 Å². The van der Waals surface area contributed by atoms with Gasteiger partial charge < -0.3 is 9.84 Å². The van der Waals surface area contributed by atoms with Crippen molar-refractivity contribution >= 4 is 21.9 Å². The van der Waals surface area contributed by atoms with E-state index < -0.39 is 17.7 Å². The van der Waals surface area contributed by atoms with Crippen LogP contribution in [0.1, 0.15) is 12.5 Å². The third-order valence-electron chi connectivity index (χ3n) is 2.24. The number of ether oxygens (including phenoxy) is 1. The van der Waals surface area contributed by atoms with E-state index in [4.69, 9.17) is 9.84 Å². The van der Waals surface area contributed by atoms with E-state index in [1.54, 1.807) is 6.92 Å². The molecule has 0 heterocycles. The zero-order chi connectivity index (χ0) is 12.3. The van der Waals surface area contributed by atoms with E-state index >= 15 is 0 Å².